The molecule has 0 aliphatic heterocycles. The summed E-state index contributed by atoms with van der Waals surface area (Å²) in [6.07, 6.45) is 2.52. The van der Waals surface area contributed by atoms with E-state index in [0.717, 1.165) is 4.47 Å². The normalized spacial score (nSPS) is 9.93. The Morgan fingerprint density at radius 3 is 2.87 bits per heavy atom. The Bertz CT molecular complexity index is 468. The number of carbonyl (C=O) groups excluding carboxylic acids is 1. The van der Waals surface area contributed by atoms with Gasteiger partial charge in [-0.3, -0.25) is 4.79 Å². The Labute approximate surface area is 94.4 Å². The zero-order valence-corrected chi connectivity index (χ0v) is 9.19. The lowest BCUT2D eigenvalue weighted by molar-refractivity contribution is 0.102. The number of rotatable bonds is 2. The second kappa shape index (κ2) is 4.27. The van der Waals surface area contributed by atoms with Gasteiger partial charge < -0.3 is 9.73 Å². The van der Waals surface area contributed by atoms with Gasteiger partial charge >= 0.3 is 0 Å². The summed E-state index contributed by atoms with van der Waals surface area (Å²) in [6.45, 7) is 0. The highest BCUT2D eigenvalue weighted by atomic mass is 79.9. The van der Waals surface area contributed by atoms with E-state index in [1.807, 2.05) is 18.2 Å². The van der Waals surface area contributed by atoms with Crippen LogP contribution in [0.1, 0.15) is 10.5 Å². The van der Waals surface area contributed by atoms with Gasteiger partial charge in [0.2, 0.25) is 0 Å². The third kappa shape index (κ3) is 2.24. The predicted molar refractivity (Wildman–Crippen MR) is 58.6 cm³/mol. The summed E-state index contributed by atoms with van der Waals surface area (Å²) in [5, 5.41) is 2.70. The number of carbonyl (C=O) groups is 1. The summed E-state index contributed by atoms with van der Waals surface area (Å²) in [4.78, 5) is 15.3. The molecule has 1 N–H and O–H groups in total. The first kappa shape index (κ1) is 9.92. The van der Waals surface area contributed by atoms with Crippen molar-refractivity contribution in [2.24, 2.45) is 0 Å². The number of hydrogen-bond donors (Lipinski definition) is 1. The van der Waals surface area contributed by atoms with Crippen molar-refractivity contribution in [1.29, 1.82) is 0 Å². The van der Waals surface area contributed by atoms with Crippen molar-refractivity contribution in [2.45, 2.75) is 0 Å². The van der Waals surface area contributed by atoms with Crippen LogP contribution < -0.4 is 5.32 Å². The van der Waals surface area contributed by atoms with Crippen molar-refractivity contribution in [3.05, 3.63) is 47.1 Å². The van der Waals surface area contributed by atoms with Crippen molar-refractivity contribution in [3.8, 4) is 0 Å². The van der Waals surface area contributed by atoms with Crippen LogP contribution in [0.2, 0.25) is 0 Å². The number of benzene rings is 1. The van der Waals surface area contributed by atoms with Crippen molar-refractivity contribution < 1.29 is 9.21 Å². The molecule has 15 heavy (non-hydrogen) atoms. The Balaban J connectivity index is 2.17. The minimum absolute atomic E-state index is 0.255. The molecular weight excluding hydrogens is 260 g/mol. The maximum Gasteiger partial charge on any atom is 0.277 e. The molecule has 0 atom stereocenters. The summed E-state index contributed by atoms with van der Waals surface area (Å²) < 4.78 is 5.54. The standard InChI is InChI=1S/C10H7BrN2O2/c11-7-3-1-2-4-8(7)13-10(14)9-5-15-6-12-9/h1-6H,(H,13,14). The Hall–Kier alpha value is -1.62. The molecule has 0 saturated heterocycles. The molecule has 2 aromatic rings. The number of amides is 1. The van der Waals surface area contributed by atoms with Gasteiger partial charge in [-0.25, -0.2) is 4.98 Å². The van der Waals surface area contributed by atoms with Crippen molar-refractivity contribution in [1.82, 2.24) is 4.98 Å². The van der Waals surface area contributed by atoms with Gasteiger partial charge in [0.15, 0.2) is 12.1 Å². The summed E-state index contributed by atoms with van der Waals surface area (Å²) >= 11 is 3.33. The van der Waals surface area contributed by atoms with E-state index in [2.05, 4.69) is 26.2 Å². The fourth-order valence-corrected chi connectivity index (χ4v) is 1.46. The van der Waals surface area contributed by atoms with Crippen LogP contribution in [-0.4, -0.2) is 10.9 Å². The quantitative estimate of drug-likeness (QED) is 0.910. The highest BCUT2D eigenvalue weighted by Crippen LogP contribution is 2.21. The second-order valence-corrected chi connectivity index (χ2v) is 3.66. The Morgan fingerprint density at radius 1 is 1.40 bits per heavy atom. The molecule has 0 radical (unpaired) electrons. The van der Waals surface area contributed by atoms with Crippen molar-refractivity contribution in [3.63, 3.8) is 0 Å². The van der Waals surface area contributed by atoms with Crippen LogP contribution in [0, 0.1) is 0 Å². The fraction of sp³-hybridized carbons (Fsp3) is 0. The van der Waals surface area contributed by atoms with Gasteiger partial charge in [0, 0.05) is 4.47 Å². The van der Waals surface area contributed by atoms with Gasteiger partial charge in [0.05, 0.1) is 5.69 Å². The van der Waals surface area contributed by atoms with Crippen LogP contribution in [-0.2, 0) is 0 Å². The molecule has 0 fully saturated rings. The van der Waals surface area contributed by atoms with E-state index >= 15 is 0 Å². The maximum atomic E-state index is 11.6. The summed E-state index contributed by atoms with van der Waals surface area (Å²) in [5.74, 6) is -0.296. The van der Waals surface area contributed by atoms with Crippen LogP contribution in [0.4, 0.5) is 5.69 Å². The first-order chi connectivity index (χ1) is 7.27. The lowest BCUT2D eigenvalue weighted by atomic mass is 10.3. The Kier molecular flexibility index (Phi) is 2.82. The number of nitrogens with one attached hydrogen (secondary N) is 1. The predicted octanol–water partition coefficient (Wildman–Crippen LogP) is 2.69. The largest absolute Gasteiger partial charge is 0.451 e. The molecular formula is C10H7BrN2O2. The van der Waals surface area contributed by atoms with E-state index in [1.165, 1.54) is 12.7 Å². The third-order valence-electron chi connectivity index (χ3n) is 1.79. The van der Waals surface area contributed by atoms with Crippen molar-refractivity contribution in [2.75, 3.05) is 5.32 Å². The van der Waals surface area contributed by atoms with Crippen LogP contribution in [0.3, 0.4) is 0 Å². The third-order valence-corrected chi connectivity index (χ3v) is 2.48. The number of aromatic nitrogens is 1. The molecule has 1 aromatic heterocycles. The zero-order valence-electron chi connectivity index (χ0n) is 7.61. The average Bonchev–Trinajstić information content (AvgIpc) is 2.74. The van der Waals surface area contributed by atoms with Gasteiger partial charge in [-0.05, 0) is 28.1 Å². The SMILES string of the molecule is O=C(Nc1ccccc1Br)c1cocn1. The summed E-state index contributed by atoms with van der Waals surface area (Å²) in [5.41, 5.74) is 0.955. The first-order valence-corrected chi connectivity index (χ1v) is 5.01. The topological polar surface area (TPSA) is 55.1 Å². The molecule has 1 amide bonds. The lowest BCUT2D eigenvalue weighted by Crippen LogP contribution is -2.12. The van der Waals surface area contributed by atoms with E-state index in [-0.39, 0.29) is 11.6 Å². The van der Waals surface area contributed by atoms with E-state index in [4.69, 9.17) is 4.42 Å². The number of oxazole rings is 1. The molecule has 5 heteroatoms. The minimum atomic E-state index is -0.296. The fourth-order valence-electron chi connectivity index (χ4n) is 1.07. The highest BCUT2D eigenvalue weighted by molar-refractivity contribution is 9.10. The van der Waals surface area contributed by atoms with Crippen molar-refractivity contribution >= 4 is 27.5 Å². The molecule has 76 valence electrons. The molecule has 0 aliphatic rings. The maximum absolute atomic E-state index is 11.6. The van der Waals surface area contributed by atoms with E-state index < -0.39 is 0 Å². The molecule has 1 aromatic carbocycles. The van der Waals surface area contributed by atoms with Gasteiger partial charge in [-0.2, -0.15) is 0 Å². The number of para-hydroxylation sites is 1. The molecule has 0 bridgehead atoms. The zero-order chi connectivity index (χ0) is 10.7. The highest BCUT2D eigenvalue weighted by Gasteiger charge is 2.09. The second-order valence-electron chi connectivity index (χ2n) is 2.81. The monoisotopic (exact) mass is 266 g/mol. The average molecular weight is 267 g/mol. The molecule has 4 nitrogen and oxygen atoms in total. The van der Waals surface area contributed by atoms with E-state index in [9.17, 15) is 4.79 Å². The number of nitrogens with zero attached hydrogens (tertiary/aromatic N) is 1. The van der Waals surface area contributed by atoms with Gasteiger partial charge in [-0.15, -0.1) is 0 Å². The van der Waals surface area contributed by atoms with Crippen LogP contribution in [0.25, 0.3) is 0 Å². The minimum Gasteiger partial charge on any atom is -0.451 e. The van der Waals surface area contributed by atoms with E-state index in [0.29, 0.717) is 5.69 Å². The van der Waals surface area contributed by atoms with E-state index in [1.54, 1.807) is 6.07 Å². The molecule has 0 aliphatic carbocycles. The number of halogens is 1. The smallest absolute Gasteiger partial charge is 0.277 e. The Morgan fingerprint density at radius 2 is 2.20 bits per heavy atom. The molecule has 1 heterocycles. The number of hydrogen-bond acceptors (Lipinski definition) is 3. The molecule has 0 spiro atoms. The van der Waals surface area contributed by atoms with Gasteiger partial charge in [-0.1, -0.05) is 12.1 Å². The van der Waals surface area contributed by atoms with Gasteiger partial charge in [0.1, 0.15) is 6.26 Å². The lowest BCUT2D eigenvalue weighted by Gasteiger charge is -2.04. The van der Waals surface area contributed by atoms with Crippen LogP contribution in [0.5, 0.6) is 0 Å². The first-order valence-electron chi connectivity index (χ1n) is 4.21. The summed E-state index contributed by atoms with van der Waals surface area (Å²) in [6, 6.07) is 7.35. The number of anilines is 1. The van der Waals surface area contributed by atoms with Gasteiger partial charge in [0.25, 0.3) is 5.91 Å². The molecule has 2 rings (SSSR count). The molecule has 0 unspecified atom stereocenters. The molecule has 0 saturated carbocycles. The van der Waals surface area contributed by atoms with Crippen LogP contribution >= 0.6 is 15.9 Å². The summed E-state index contributed by atoms with van der Waals surface area (Å²) in [7, 11) is 0. The van der Waals surface area contributed by atoms with Crippen LogP contribution in [0.15, 0.2) is 45.8 Å².